The molecule has 0 saturated heterocycles. The fourth-order valence-electron chi connectivity index (χ4n) is 3.27. The van der Waals surface area contributed by atoms with Gasteiger partial charge < -0.3 is 10.1 Å². The summed E-state index contributed by atoms with van der Waals surface area (Å²) in [5, 5.41) is 7.23. The van der Waals surface area contributed by atoms with Crippen LogP contribution in [0.5, 0.6) is 5.75 Å². The van der Waals surface area contributed by atoms with E-state index >= 15 is 0 Å². The number of ether oxygens (including phenoxy) is 1. The van der Waals surface area contributed by atoms with Crippen molar-refractivity contribution in [1.82, 2.24) is 5.32 Å². The number of benzene rings is 3. The van der Waals surface area contributed by atoms with E-state index in [4.69, 9.17) is 4.74 Å². The summed E-state index contributed by atoms with van der Waals surface area (Å²) in [6.45, 7) is 0.489. The molecule has 4 rings (SSSR count). The summed E-state index contributed by atoms with van der Waals surface area (Å²) in [6.07, 6.45) is 0. The molecule has 0 atom stereocenters. The van der Waals surface area contributed by atoms with Gasteiger partial charge in [0.2, 0.25) is 0 Å². The molecule has 3 aromatic carbocycles. The highest BCUT2D eigenvalue weighted by molar-refractivity contribution is 7.08. The molecule has 0 aliphatic carbocycles. The van der Waals surface area contributed by atoms with E-state index in [0.717, 1.165) is 28.0 Å². The van der Waals surface area contributed by atoms with E-state index < -0.39 is 0 Å². The van der Waals surface area contributed by atoms with Gasteiger partial charge >= 0.3 is 0 Å². The summed E-state index contributed by atoms with van der Waals surface area (Å²) in [7, 11) is 1.66. The lowest BCUT2D eigenvalue weighted by Gasteiger charge is -2.10. The van der Waals surface area contributed by atoms with Crippen LogP contribution in [0.25, 0.3) is 22.3 Å². The first-order valence-electron chi connectivity index (χ1n) is 9.38. The highest BCUT2D eigenvalue weighted by Crippen LogP contribution is 2.26. The van der Waals surface area contributed by atoms with Crippen LogP contribution in [0.15, 0.2) is 89.6 Å². The Bertz CT molecular complexity index is 1100. The molecule has 0 aliphatic heterocycles. The Morgan fingerprint density at radius 1 is 0.897 bits per heavy atom. The first-order chi connectivity index (χ1) is 14.2. The van der Waals surface area contributed by atoms with Crippen LogP contribution in [0.3, 0.4) is 0 Å². The van der Waals surface area contributed by atoms with Gasteiger partial charge in [-0.3, -0.25) is 4.79 Å². The molecule has 0 aliphatic rings. The molecule has 1 heterocycles. The van der Waals surface area contributed by atoms with Gasteiger partial charge in [-0.15, -0.1) is 0 Å². The maximum atomic E-state index is 12.6. The van der Waals surface area contributed by atoms with Crippen molar-refractivity contribution in [2.45, 2.75) is 6.54 Å². The summed E-state index contributed by atoms with van der Waals surface area (Å²) in [5.41, 5.74) is 6.19. The number of amides is 1. The monoisotopic (exact) mass is 399 g/mol. The number of carbonyl (C=O) groups excluding carboxylic acids is 1. The van der Waals surface area contributed by atoms with E-state index in [0.29, 0.717) is 12.1 Å². The van der Waals surface area contributed by atoms with Crippen molar-refractivity contribution < 1.29 is 9.53 Å². The van der Waals surface area contributed by atoms with Crippen LogP contribution in [0.4, 0.5) is 0 Å². The van der Waals surface area contributed by atoms with Gasteiger partial charge in [-0.2, -0.15) is 11.3 Å². The van der Waals surface area contributed by atoms with Crippen LogP contribution in [0.2, 0.25) is 0 Å². The van der Waals surface area contributed by atoms with Gasteiger partial charge in [-0.25, -0.2) is 0 Å². The molecule has 144 valence electrons. The molecule has 0 saturated carbocycles. The van der Waals surface area contributed by atoms with Crippen LogP contribution in [0, 0.1) is 0 Å². The molecular formula is C25H21NO2S. The normalized spacial score (nSPS) is 10.5. The van der Waals surface area contributed by atoms with Crippen LogP contribution in [0.1, 0.15) is 15.9 Å². The smallest absolute Gasteiger partial charge is 0.251 e. The quantitative estimate of drug-likeness (QED) is 0.430. The van der Waals surface area contributed by atoms with Crippen molar-refractivity contribution in [3.05, 3.63) is 101 Å². The molecule has 1 aromatic heterocycles. The number of nitrogens with one attached hydrogen (secondary N) is 1. The molecule has 1 amide bonds. The molecule has 0 radical (unpaired) electrons. The van der Waals surface area contributed by atoms with Gasteiger partial charge in [0, 0.05) is 12.1 Å². The minimum atomic E-state index is -0.0812. The molecule has 0 fully saturated rings. The van der Waals surface area contributed by atoms with Gasteiger partial charge in [-0.1, -0.05) is 48.5 Å². The van der Waals surface area contributed by atoms with Gasteiger partial charge in [0.05, 0.1) is 7.11 Å². The third kappa shape index (κ3) is 4.39. The fraction of sp³-hybridized carbons (Fsp3) is 0.0800. The second-order valence-electron chi connectivity index (χ2n) is 6.66. The zero-order chi connectivity index (χ0) is 20.1. The number of hydrogen-bond acceptors (Lipinski definition) is 3. The maximum Gasteiger partial charge on any atom is 0.251 e. The van der Waals surface area contributed by atoms with Crippen LogP contribution in [-0.4, -0.2) is 13.0 Å². The average Bonchev–Trinajstić information content (AvgIpc) is 3.32. The summed E-state index contributed by atoms with van der Waals surface area (Å²) >= 11 is 1.67. The Morgan fingerprint density at radius 3 is 2.48 bits per heavy atom. The zero-order valence-electron chi connectivity index (χ0n) is 16.1. The van der Waals surface area contributed by atoms with Gasteiger partial charge in [0.1, 0.15) is 5.75 Å². The molecule has 29 heavy (non-hydrogen) atoms. The lowest BCUT2D eigenvalue weighted by atomic mass is 10.0. The van der Waals surface area contributed by atoms with Crippen molar-refractivity contribution in [3.8, 4) is 28.0 Å². The predicted octanol–water partition coefficient (Wildman–Crippen LogP) is 6.02. The van der Waals surface area contributed by atoms with Gasteiger partial charge in [0.15, 0.2) is 0 Å². The van der Waals surface area contributed by atoms with Crippen LogP contribution >= 0.6 is 11.3 Å². The molecule has 4 aromatic rings. The summed E-state index contributed by atoms with van der Waals surface area (Å²) in [4.78, 5) is 12.6. The molecule has 4 heteroatoms. The largest absolute Gasteiger partial charge is 0.497 e. The Labute approximate surface area is 174 Å². The average molecular weight is 400 g/mol. The molecule has 0 unspecified atom stereocenters. The Kier molecular flexibility index (Phi) is 5.73. The van der Waals surface area contributed by atoms with Crippen molar-refractivity contribution in [2.75, 3.05) is 7.11 Å². The van der Waals surface area contributed by atoms with Gasteiger partial charge in [-0.05, 0) is 68.9 Å². The Morgan fingerprint density at radius 2 is 1.72 bits per heavy atom. The van der Waals surface area contributed by atoms with E-state index in [1.165, 1.54) is 5.56 Å². The Balaban J connectivity index is 1.46. The van der Waals surface area contributed by atoms with E-state index in [2.05, 4.69) is 34.3 Å². The number of methoxy groups -OCH3 is 1. The second kappa shape index (κ2) is 8.76. The third-order valence-electron chi connectivity index (χ3n) is 4.84. The van der Waals surface area contributed by atoms with Crippen molar-refractivity contribution in [1.29, 1.82) is 0 Å². The molecule has 3 nitrogen and oxygen atoms in total. The van der Waals surface area contributed by atoms with Gasteiger partial charge in [0.25, 0.3) is 5.91 Å². The predicted molar refractivity (Wildman–Crippen MR) is 119 cm³/mol. The van der Waals surface area contributed by atoms with Crippen molar-refractivity contribution >= 4 is 17.2 Å². The zero-order valence-corrected chi connectivity index (χ0v) is 16.9. The standard InChI is InChI=1S/C25H21NO2S/c1-28-23-7-4-6-20(15-23)18-9-11-19(12-10-18)25(27)26-16-21-5-2-3-8-24(21)22-13-14-29-17-22/h2-15,17H,16H2,1H3,(H,26,27). The molecule has 0 bridgehead atoms. The summed E-state index contributed by atoms with van der Waals surface area (Å²) in [6, 6.07) is 25.8. The Hall–Kier alpha value is -3.37. The number of rotatable bonds is 6. The molecule has 1 N–H and O–H groups in total. The number of hydrogen-bond donors (Lipinski definition) is 1. The van der Waals surface area contributed by atoms with Crippen LogP contribution in [-0.2, 0) is 6.54 Å². The summed E-state index contributed by atoms with van der Waals surface area (Å²) < 4.78 is 5.29. The number of carbonyl (C=O) groups is 1. The lowest BCUT2D eigenvalue weighted by molar-refractivity contribution is 0.0951. The van der Waals surface area contributed by atoms with Crippen LogP contribution < -0.4 is 10.1 Å². The fourth-order valence-corrected chi connectivity index (χ4v) is 3.92. The third-order valence-corrected chi connectivity index (χ3v) is 5.52. The first-order valence-corrected chi connectivity index (χ1v) is 10.3. The number of thiophene rings is 1. The minimum Gasteiger partial charge on any atom is -0.497 e. The topological polar surface area (TPSA) is 38.3 Å². The van der Waals surface area contributed by atoms with Crippen molar-refractivity contribution in [3.63, 3.8) is 0 Å². The van der Waals surface area contributed by atoms with E-state index in [-0.39, 0.29) is 5.91 Å². The maximum absolute atomic E-state index is 12.6. The van der Waals surface area contributed by atoms with E-state index in [9.17, 15) is 4.79 Å². The second-order valence-corrected chi connectivity index (χ2v) is 7.44. The lowest BCUT2D eigenvalue weighted by Crippen LogP contribution is -2.23. The van der Waals surface area contributed by atoms with Crippen molar-refractivity contribution in [2.24, 2.45) is 0 Å². The SMILES string of the molecule is COc1cccc(-c2ccc(C(=O)NCc3ccccc3-c3ccsc3)cc2)c1. The molecular weight excluding hydrogens is 378 g/mol. The summed E-state index contributed by atoms with van der Waals surface area (Å²) in [5.74, 6) is 0.732. The molecule has 0 spiro atoms. The first kappa shape index (κ1) is 19.0. The van der Waals surface area contributed by atoms with E-state index in [1.807, 2.05) is 60.7 Å². The highest BCUT2D eigenvalue weighted by Gasteiger charge is 2.09. The van der Waals surface area contributed by atoms with E-state index in [1.54, 1.807) is 18.4 Å². The minimum absolute atomic E-state index is 0.0812. The highest BCUT2D eigenvalue weighted by atomic mass is 32.1.